The largest absolute Gasteiger partial charge is 0.493 e. The van der Waals surface area contributed by atoms with Crippen molar-refractivity contribution in [3.05, 3.63) is 75.9 Å². The molecule has 9 heteroatoms. The lowest BCUT2D eigenvalue weighted by molar-refractivity contribution is -0.384. The van der Waals surface area contributed by atoms with Crippen LogP contribution in [0.3, 0.4) is 0 Å². The van der Waals surface area contributed by atoms with Gasteiger partial charge in [-0.3, -0.25) is 19.7 Å². The Kier molecular flexibility index (Phi) is 4.94. The highest BCUT2D eigenvalue weighted by molar-refractivity contribution is 6.06. The number of carbonyl (C=O) groups is 2. The van der Waals surface area contributed by atoms with E-state index < -0.39 is 4.92 Å². The minimum atomic E-state index is -0.450. The average molecular weight is 473 g/mol. The first kappa shape index (κ1) is 21.5. The first-order chi connectivity index (χ1) is 17.0. The highest BCUT2D eigenvalue weighted by Crippen LogP contribution is 2.65. The van der Waals surface area contributed by atoms with Crippen molar-refractivity contribution in [3.8, 4) is 11.5 Å². The van der Waals surface area contributed by atoms with E-state index in [4.69, 9.17) is 9.47 Å². The van der Waals surface area contributed by atoms with E-state index in [2.05, 4.69) is 17.3 Å². The maximum atomic E-state index is 13.1. The van der Waals surface area contributed by atoms with Gasteiger partial charge in [-0.1, -0.05) is 12.2 Å². The van der Waals surface area contributed by atoms with E-state index in [-0.39, 0.29) is 47.8 Å². The summed E-state index contributed by atoms with van der Waals surface area (Å²) in [4.78, 5) is 36.5. The van der Waals surface area contributed by atoms with Gasteiger partial charge in [0, 0.05) is 12.1 Å². The Morgan fingerprint density at radius 3 is 2.29 bits per heavy atom. The lowest BCUT2D eigenvalue weighted by Crippen LogP contribution is -2.40. The Morgan fingerprint density at radius 1 is 1.03 bits per heavy atom. The highest BCUT2D eigenvalue weighted by atomic mass is 16.6. The van der Waals surface area contributed by atoms with Gasteiger partial charge in [0.1, 0.15) is 6.61 Å². The van der Waals surface area contributed by atoms with Gasteiger partial charge < -0.3 is 9.47 Å². The Labute approximate surface area is 201 Å². The summed E-state index contributed by atoms with van der Waals surface area (Å²) in [5, 5.41) is 16.1. The van der Waals surface area contributed by atoms with E-state index in [1.54, 1.807) is 30.3 Å². The zero-order chi connectivity index (χ0) is 24.3. The third-order valence-corrected chi connectivity index (χ3v) is 7.69. The second kappa shape index (κ2) is 8.04. The molecular weight excluding hydrogens is 450 g/mol. The Bertz CT molecular complexity index is 1250. The maximum absolute atomic E-state index is 13.1. The number of imide groups is 1. The molecule has 7 rings (SSSR count). The molecule has 2 amide bonds. The molecule has 6 atom stereocenters. The molecule has 1 saturated heterocycles. The van der Waals surface area contributed by atoms with Crippen LogP contribution in [0.4, 0.5) is 5.69 Å². The van der Waals surface area contributed by atoms with Crippen molar-refractivity contribution < 1.29 is 24.0 Å². The van der Waals surface area contributed by atoms with Crippen molar-refractivity contribution >= 4 is 23.7 Å². The Balaban J connectivity index is 1.15. The van der Waals surface area contributed by atoms with Crippen LogP contribution in [0.2, 0.25) is 0 Å². The zero-order valence-corrected chi connectivity index (χ0v) is 18.9. The second-order valence-electron chi connectivity index (χ2n) is 9.51. The van der Waals surface area contributed by atoms with Crippen LogP contribution >= 0.6 is 0 Å². The summed E-state index contributed by atoms with van der Waals surface area (Å²) < 4.78 is 11.3. The molecule has 0 aromatic heterocycles. The molecule has 0 spiro atoms. The minimum Gasteiger partial charge on any atom is -0.493 e. The number of nitrogens with zero attached hydrogens (tertiary/aromatic N) is 3. The fraction of sp³-hybridized carbons (Fsp3) is 0.346. The van der Waals surface area contributed by atoms with Crippen molar-refractivity contribution in [1.82, 2.24) is 5.01 Å². The second-order valence-corrected chi connectivity index (χ2v) is 9.51. The molecule has 2 aromatic carbocycles. The molecule has 5 aliphatic rings. The van der Waals surface area contributed by atoms with Crippen molar-refractivity contribution in [2.75, 3.05) is 7.11 Å². The molecule has 1 heterocycles. The van der Waals surface area contributed by atoms with Gasteiger partial charge >= 0.3 is 0 Å². The summed E-state index contributed by atoms with van der Waals surface area (Å²) in [6, 6.07) is 11.3. The number of hydrogen-bond acceptors (Lipinski definition) is 7. The number of ether oxygens (including phenoxy) is 2. The number of methoxy groups -OCH3 is 1. The van der Waals surface area contributed by atoms with Crippen LogP contribution in [0.25, 0.3) is 0 Å². The van der Waals surface area contributed by atoms with E-state index in [0.29, 0.717) is 28.9 Å². The molecule has 4 aliphatic carbocycles. The molecule has 1 aliphatic heterocycles. The molecule has 0 N–H and O–H groups in total. The Hall–Kier alpha value is -4.01. The normalized spacial score (nSPS) is 29.9. The van der Waals surface area contributed by atoms with E-state index in [0.717, 1.165) is 17.0 Å². The number of hydrazone groups is 1. The molecule has 178 valence electrons. The molecule has 2 bridgehead atoms. The number of rotatable bonds is 7. The van der Waals surface area contributed by atoms with Gasteiger partial charge in [0.15, 0.2) is 11.5 Å². The van der Waals surface area contributed by atoms with Gasteiger partial charge in [0.05, 0.1) is 30.1 Å². The molecule has 35 heavy (non-hydrogen) atoms. The number of non-ortho nitro benzene ring substituents is 1. The van der Waals surface area contributed by atoms with Crippen LogP contribution in [0, 0.1) is 45.6 Å². The van der Waals surface area contributed by atoms with Crippen molar-refractivity contribution in [3.63, 3.8) is 0 Å². The molecular formula is C26H23N3O6. The molecule has 9 nitrogen and oxygen atoms in total. The minimum absolute atomic E-state index is 0.0184. The van der Waals surface area contributed by atoms with E-state index in [9.17, 15) is 19.7 Å². The van der Waals surface area contributed by atoms with Crippen LogP contribution in [-0.4, -0.2) is 35.1 Å². The molecule has 2 aromatic rings. The summed E-state index contributed by atoms with van der Waals surface area (Å²) in [7, 11) is 1.52. The van der Waals surface area contributed by atoms with Crippen molar-refractivity contribution in [2.24, 2.45) is 40.6 Å². The third kappa shape index (κ3) is 3.50. The molecule has 0 unspecified atom stereocenters. The summed E-state index contributed by atoms with van der Waals surface area (Å²) >= 11 is 0. The SMILES string of the molecule is COc1cc(/C=N\N2C(=O)[C@@H]3[C@@H]4C=C[C@H]([C@H]5C[C@H]45)[C@@H]3C2=O)ccc1OCc1ccc([N+](=O)[O-])cc1. The maximum Gasteiger partial charge on any atom is 0.269 e. The standard InChI is InChI=1S/C26H23N3O6/c1-34-22-10-15(4-9-21(22)35-13-14-2-5-16(6-3-14)29(32)33)12-27-28-25(30)23-17-7-8-18(20-11-19(17)20)24(23)26(28)31/h2-10,12,17-20,23-24H,11,13H2,1H3/b27-12-/t17-,18-,19-,20-,23-,24+/m1/s1. The Morgan fingerprint density at radius 2 is 1.69 bits per heavy atom. The monoisotopic (exact) mass is 473 g/mol. The third-order valence-electron chi connectivity index (χ3n) is 7.69. The number of nitro groups is 1. The number of carbonyl (C=O) groups excluding carboxylic acids is 2. The van der Waals surface area contributed by atoms with Gasteiger partial charge in [0.2, 0.25) is 0 Å². The zero-order valence-electron chi connectivity index (χ0n) is 18.9. The predicted molar refractivity (Wildman–Crippen MR) is 125 cm³/mol. The number of benzene rings is 2. The number of amides is 2. The van der Waals surface area contributed by atoms with Crippen LogP contribution in [0.1, 0.15) is 17.5 Å². The van der Waals surface area contributed by atoms with Crippen LogP contribution in [0.15, 0.2) is 59.7 Å². The van der Waals surface area contributed by atoms with Crippen molar-refractivity contribution in [2.45, 2.75) is 13.0 Å². The van der Waals surface area contributed by atoms with Gasteiger partial charge in [0.25, 0.3) is 17.5 Å². The highest BCUT2D eigenvalue weighted by Gasteiger charge is 2.67. The van der Waals surface area contributed by atoms with Gasteiger partial charge in [-0.05, 0) is 71.6 Å². The summed E-state index contributed by atoms with van der Waals surface area (Å²) in [6.07, 6.45) is 6.89. The van der Waals surface area contributed by atoms with Crippen LogP contribution < -0.4 is 9.47 Å². The van der Waals surface area contributed by atoms with E-state index in [1.807, 2.05) is 0 Å². The predicted octanol–water partition coefficient (Wildman–Crippen LogP) is 3.57. The fourth-order valence-corrected chi connectivity index (χ4v) is 5.94. The average Bonchev–Trinajstić information content (AvgIpc) is 3.66. The van der Waals surface area contributed by atoms with Gasteiger partial charge in [-0.15, -0.1) is 0 Å². The number of allylic oxidation sites excluding steroid dienone is 2. The molecule has 3 fully saturated rings. The van der Waals surface area contributed by atoms with Gasteiger partial charge in [-0.2, -0.15) is 10.1 Å². The van der Waals surface area contributed by atoms with Crippen molar-refractivity contribution in [1.29, 1.82) is 0 Å². The summed E-state index contributed by atoms with van der Waals surface area (Å²) in [6.45, 7) is 0.208. The summed E-state index contributed by atoms with van der Waals surface area (Å²) in [5.41, 5.74) is 1.45. The number of hydrogen-bond donors (Lipinski definition) is 0. The van der Waals surface area contributed by atoms with Gasteiger partial charge in [-0.25, -0.2) is 0 Å². The van der Waals surface area contributed by atoms with Crippen LogP contribution in [-0.2, 0) is 16.2 Å². The lowest BCUT2D eigenvalue weighted by Gasteiger charge is -2.37. The molecule has 0 radical (unpaired) electrons. The first-order valence-corrected chi connectivity index (χ1v) is 11.6. The first-order valence-electron chi connectivity index (χ1n) is 11.6. The summed E-state index contributed by atoms with van der Waals surface area (Å²) in [5.74, 6) is 1.44. The van der Waals surface area contributed by atoms with E-state index in [1.165, 1.54) is 25.5 Å². The fourth-order valence-electron chi connectivity index (χ4n) is 5.94. The topological polar surface area (TPSA) is 111 Å². The smallest absolute Gasteiger partial charge is 0.269 e. The van der Waals surface area contributed by atoms with E-state index >= 15 is 0 Å². The lowest BCUT2D eigenvalue weighted by atomic mass is 9.63. The quantitative estimate of drug-likeness (QED) is 0.200. The molecule has 2 saturated carbocycles. The van der Waals surface area contributed by atoms with Crippen LogP contribution in [0.5, 0.6) is 11.5 Å². The number of nitro benzene ring substituents is 1.